The van der Waals surface area contributed by atoms with E-state index in [0.717, 1.165) is 12.1 Å². The highest BCUT2D eigenvalue weighted by Gasteiger charge is 2.34. The van der Waals surface area contributed by atoms with E-state index in [-0.39, 0.29) is 23.1 Å². The largest absolute Gasteiger partial charge is 0.573 e. The van der Waals surface area contributed by atoms with Gasteiger partial charge in [0, 0.05) is 29.6 Å². The van der Waals surface area contributed by atoms with Crippen LogP contribution in [0.15, 0.2) is 27.6 Å². The molecule has 0 aliphatic heterocycles. The minimum atomic E-state index is -4.99. The molecule has 0 amide bonds. The van der Waals surface area contributed by atoms with Crippen LogP contribution >= 0.6 is 15.9 Å². The second-order valence-corrected chi connectivity index (χ2v) is 8.61. The summed E-state index contributed by atoms with van der Waals surface area (Å²) in [5.41, 5.74) is 0. The maximum Gasteiger partial charge on any atom is 0.573 e. The summed E-state index contributed by atoms with van der Waals surface area (Å²) in [4.78, 5) is 1.51. The van der Waals surface area contributed by atoms with Gasteiger partial charge < -0.3 is 4.74 Å². The third-order valence-electron chi connectivity index (χ3n) is 3.41. The van der Waals surface area contributed by atoms with Gasteiger partial charge in [-0.05, 0) is 45.9 Å². The van der Waals surface area contributed by atoms with Crippen LogP contribution in [0.25, 0.3) is 0 Å². The Kier molecular flexibility index (Phi) is 7.72. The summed E-state index contributed by atoms with van der Waals surface area (Å²) in [6.45, 7) is 8.44. The molecule has 0 aromatic heterocycles. The molecule has 144 valence electrons. The second-order valence-electron chi connectivity index (χ2n) is 5.96. The number of halogens is 4. The molecule has 1 N–H and O–H groups in total. The number of hydrogen-bond acceptors (Lipinski definition) is 4. The van der Waals surface area contributed by atoms with Gasteiger partial charge in [0.2, 0.25) is 10.0 Å². The molecule has 0 aliphatic carbocycles. The topological polar surface area (TPSA) is 58.6 Å². The number of benzene rings is 1. The third-order valence-corrected chi connectivity index (χ3v) is 5.40. The van der Waals surface area contributed by atoms with Gasteiger partial charge in [0.25, 0.3) is 0 Å². The first-order valence-electron chi connectivity index (χ1n) is 7.64. The SMILES string of the molecule is CC(C)N(CCNS(=O)(=O)c1ccc(Br)cc1OC(F)(F)F)C(C)C. The van der Waals surface area contributed by atoms with Crippen LogP contribution < -0.4 is 9.46 Å². The fourth-order valence-corrected chi connectivity index (χ4v) is 3.88. The molecule has 0 fully saturated rings. The van der Waals surface area contributed by atoms with E-state index in [4.69, 9.17) is 0 Å². The van der Waals surface area contributed by atoms with Crippen molar-refractivity contribution in [3.63, 3.8) is 0 Å². The van der Waals surface area contributed by atoms with Gasteiger partial charge in [0.1, 0.15) is 4.90 Å². The Labute approximate surface area is 154 Å². The molecule has 0 unspecified atom stereocenters. The van der Waals surface area contributed by atoms with Crippen molar-refractivity contribution in [2.45, 2.75) is 51.0 Å². The molecule has 0 atom stereocenters. The zero-order valence-electron chi connectivity index (χ0n) is 14.4. The highest BCUT2D eigenvalue weighted by molar-refractivity contribution is 9.10. The highest BCUT2D eigenvalue weighted by atomic mass is 79.9. The van der Waals surface area contributed by atoms with Gasteiger partial charge in [-0.25, -0.2) is 13.1 Å². The molecule has 5 nitrogen and oxygen atoms in total. The van der Waals surface area contributed by atoms with E-state index in [1.165, 1.54) is 6.07 Å². The second kappa shape index (κ2) is 8.70. The minimum absolute atomic E-state index is 0.0697. The number of nitrogens with one attached hydrogen (secondary N) is 1. The van der Waals surface area contributed by atoms with Gasteiger partial charge >= 0.3 is 6.36 Å². The average Bonchev–Trinajstić information content (AvgIpc) is 2.40. The van der Waals surface area contributed by atoms with Crippen molar-refractivity contribution in [2.24, 2.45) is 0 Å². The molecule has 1 aromatic rings. The normalized spacial score (nSPS) is 13.1. The van der Waals surface area contributed by atoms with Gasteiger partial charge in [-0.2, -0.15) is 0 Å². The van der Waals surface area contributed by atoms with E-state index >= 15 is 0 Å². The zero-order valence-corrected chi connectivity index (χ0v) is 16.8. The van der Waals surface area contributed by atoms with Crippen LogP contribution in [-0.4, -0.2) is 44.9 Å². The number of nitrogens with zero attached hydrogens (tertiary/aromatic N) is 1. The number of rotatable bonds is 8. The summed E-state index contributed by atoms with van der Waals surface area (Å²) in [5, 5.41) is 0. The van der Waals surface area contributed by atoms with Crippen LogP contribution in [0.5, 0.6) is 5.75 Å². The Morgan fingerprint density at radius 1 is 1.20 bits per heavy atom. The summed E-state index contributed by atoms with van der Waals surface area (Å²) in [6.07, 6.45) is -4.99. The lowest BCUT2D eigenvalue weighted by atomic mass is 10.2. The van der Waals surface area contributed by atoms with Crippen molar-refractivity contribution in [2.75, 3.05) is 13.1 Å². The maximum absolute atomic E-state index is 12.5. The summed E-state index contributed by atoms with van der Waals surface area (Å²) < 4.78 is 68.8. The van der Waals surface area contributed by atoms with E-state index in [2.05, 4.69) is 30.3 Å². The van der Waals surface area contributed by atoms with Crippen LogP contribution in [-0.2, 0) is 10.0 Å². The Bertz CT molecular complexity index is 671. The molecule has 0 radical (unpaired) electrons. The lowest BCUT2D eigenvalue weighted by Gasteiger charge is -2.30. The lowest BCUT2D eigenvalue weighted by Crippen LogP contribution is -2.42. The first-order chi connectivity index (χ1) is 11.3. The number of sulfonamides is 1. The lowest BCUT2D eigenvalue weighted by molar-refractivity contribution is -0.275. The Morgan fingerprint density at radius 2 is 1.76 bits per heavy atom. The summed E-state index contributed by atoms with van der Waals surface area (Å²) >= 11 is 3.00. The van der Waals surface area contributed by atoms with Crippen LogP contribution in [0.3, 0.4) is 0 Å². The molecule has 0 heterocycles. The van der Waals surface area contributed by atoms with Crippen LogP contribution in [0.2, 0.25) is 0 Å². The van der Waals surface area contributed by atoms with E-state index in [1.54, 1.807) is 0 Å². The molecule has 25 heavy (non-hydrogen) atoms. The van der Waals surface area contributed by atoms with Gasteiger partial charge in [0.15, 0.2) is 5.75 Å². The van der Waals surface area contributed by atoms with E-state index < -0.39 is 27.0 Å². The van der Waals surface area contributed by atoms with Gasteiger partial charge in [0.05, 0.1) is 0 Å². The molecule has 0 saturated carbocycles. The van der Waals surface area contributed by atoms with Gasteiger partial charge in [-0.15, -0.1) is 13.2 Å². The molecule has 0 bridgehead atoms. The van der Waals surface area contributed by atoms with Crippen LogP contribution in [0, 0.1) is 0 Å². The van der Waals surface area contributed by atoms with Crippen molar-refractivity contribution >= 4 is 26.0 Å². The van der Waals surface area contributed by atoms with Crippen molar-refractivity contribution in [3.8, 4) is 5.75 Å². The maximum atomic E-state index is 12.5. The average molecular weight is 447 g/mol. The predicted octanol–water partition coefficient (Wildman–Crippen LogP) is 3.74. The first kappa shape index (κ1) is 22.2. The van der Waals surface area contributed by atoms with Crippen molar-refractivity contribution in [1.29, 1.82) is 0 Å². The smallest absolute Gasteiger partial charge is 0.404 e. The Hall–Kier alpha value is -0.840. The molecule has 0 saturated heterocycles. The molecule has 0 aliphatic rings. The van der Waals surface area contributed by atoms with Crippen molar-refractivity contribution in [3.05, 3.63) is 22.7 Å². The molecular formula is C15H22BrF3N2O3S. The summed E-state index contributed by atoms with van der Waals surface area (Å²) in [5.74, 6) is -0.779. The fourth-order valence-electron chi connectivity index (χ4n) is 2.41. The fraction of sp³-hybridized carbons (Fsp3) is 0.600. The third kappa shape index (κ3) is 7.12. The highest BCUT2D eigenvalue weighted by Crippen LogP contribution is 2.32. The van der Waals surface area contributed by atoms with Crippen LogP contribution in [0.1, 0.15) is 27.7 Å². The molecule has 1 rings (SSSR count). The van der Waals surface area contributed by atoms with Gasteiger partial charge in [-0.3, -0.25) is 4.90 Å². The van der Waals surface area contributed by atoms with Crippen molar-refractivity contribution in [1.82, 2.24) is 9.62 Å². The predicted molar refractivity (Wildman–Crippen MR) is 93.0 cm³/mol. The molecule has 1 aromatic carbocycles. The monoisotopic (exact) mass is 446 g/mol. The summed E-state index contributed by atoms with van der Waals surface area (Å²) in [7, 11) is -4.15. The zero-order chi connectivity index (χ0) is 19.4. The standard InChI is InChI=1S/C15H22BrF3N2O3S/c1-10(2)21(11(3)4)8-7-20-25(22,23)14-6-5-12(16)9-13(14)24-15(17,18)19/h5-6,9-11,20H,7-8H2,1-4H3. The van der Waals surface area contributed by atoms with E-state index in [1.807, 2.05) is 27.7 Å². The van der Waals surface area contributed by atoms with E-state index in [0.29, 0.717) is 6.54 Å². The number of ether oxygens (including phenoxy) is 1. The Morgan fingerprint density at radius 3 is 2.24 bits per heavy atom. The quantitative estimate of drug-likeness (QED) is 0.660. The number of hydrogen-bond donors (Lipinski definition) is 1. The van der Waals surface area contributed by atoms with Gasteiger partial charge in [-0.1, -0.05) is 15.9 Å². The molecule has 10 heteroatoms. The molecule has 0 spiro atoms. The van der Waals surface area contributed by atoms with Crippen LogP contribution in [0.4, 0.5) is 13.2 Å². The summed E-state index contributed by atoms with van der Waals surface area (Å²) in [6, 6.07) is 3.79. The van der Waals surface area contributed by atoms with Crippen molar-refractivity contribution < 1.29 is 26.3 Å². The minimum Gasteiger partial charge on any atom is -0.404 e. The number of alkyl halides is 3. The Balaban J connectivity index is 2.95. The first-order valence-corrected chi connectivity index (χ1v) is 9.92. The van der Waals surface area contributed by atoms with E-state index in [9.17, 15) is 21.6 Å². The molecular weight excluding hydrogens is 425 g/mol.